The molecule has 2 N–H and O–H groups in total. The minimum absolute atomic E-state index is 0.289. The molecule has 2 aromatic heterocycles. The maximum Gasteiger partial charge on any atom is 0.212 e. The third-order valence-electron chi connectivity index (χ3n) is 2.89. The van der Waals surface area contributed by atoms with E-state index < -0.39 is 0 Å². The van der Waals surface area contributed by atoms with Crippen LogP contribution in [-0.4, -0.2) is 12.3 Å². The van der Waals surface area contributed by atoms with E-state index in [1.807, 2.05) is 24.3 Å². The third-order valence-corrected chi connectivity index (χ3v) is 3.32. The van der Waals surface area contributed by atoms with Crippen molar-refractivity contribution in [3.8, 4) is 28.4 Å². The first-order valence-electron chi connectivity index (χ1n) is 5.85. The van der Waals surface area contributed by atoms with Gasteiger partial charge in [-0.05, 0) is 34.1 Å². The lowest BCUT2D eigenvalue weighted by Crippen LogP contribution is -1.92. The number of ether oxygens (including phenoxy) is 1. The molecule has 5 nitrogen and oxygen atoms in total. The quantitative estimate of drug-likeness (QED) is 0.784. The van der Waals surface area contributed by atoms with E-state index in [1.54, 1.807) is 19.2 Å². The molecule has 0 fully saturated rings. The van der Waals surface area contributed by atoms with Crippen LogP contribution in [0.1, 0.15) is 0 Å². The van der Waals surface area contributed by atoms with E-state index in [0.717, 1.165) is 5.56 Å². The Morgan fingerprint density at radius 1 is 1.20 bits per heavy atom. The number of nitrogen functional groups attached to an aromatic ring is 1. The molecule has 3 aromatic rings. The van der Waals surface area contributed by atoms with Crippen molar-refractivity contribution in [1.82, 2.24) is 5.16 Å². The van der Waals surface area contributed by atoms with Crippen LogP contribution in [-0.2, 0) is 0 Å². The van der Waals surface area contributed by atoms with Gasteiger partial charge in [-0.15, -0.1) is 0 Å². The number of rotatable bonds is 3. The summed E-state index contributed by atoms with van der Waals surface area (Å²) in [6.45, 7) is 0. The highest BCUT2D eigenvalue weighted by Crippen LogP contribution is 2.41. The summed E-state index contributed by atoms with van der Waals surface area (Å²) in [5.41, 5.74) is 7.39. The molecule has 2 heterocycles. The fourth-order valence-corrected chi connectivity index (χ4v) is 2.32. The Kier molecular flexibility index (Phi) is 3.23. The van der Waals surface area contributed by atoms with Gasteiger partial charge in [0.15, 0.2) is 16.2 Å². The number of halogens is 1. The number of hydrogen-bond acceptors (Lipinski definition) is 5. The Balaban J connectivity index is 2.21. The number of anilines is 1. The molecule has 0 unspecified atom stereocenters. The SMILES string of the molecule is COc1ccccc1-c1c(N)noc1-c1ccc(Br)o1. The fourth-order valence-electron chi connectivity index (χ4n) is 2.02. The number of nitrogens with zero attached hydrogens (tertiary/aromatic N) is 1. The molecule has 0 spiro atoms. The van der Waals surface area contributed by atoms with Gasteiger partial charge in [0.25, 0.3) is 0 Å². The molecule has 0 saturated carbocycles. The molecular formula is C14H11BrN2O3. The van der Waals surface area contributed by atoms with Crippen LogP contribution >= 0.6 is 15.9 Å². The number of nitrogens with two attached hydrogens (primary N) is 1. The molecule has 1 aromatic carbocycles. The minimum atomic E-state index is 0.289. The molecule has 0 aliphatic carbocycles. The summed E-state index contributed by atoms with van der Waals surface area (Å²) >= 11 is 3.26. The summed E-state index contributed by atoms with van der Waals surface area (Å²) in [6.07, 6.45) is 0. The van der Waals surface area contributed by atoms with Crippen LogP contribution in [0.25, 0.3) is 22.6 Å². The normalized spacial score (nSPS) is 10.7. The van der Waals surface area contributed by atoms with E-state index in [4.69, 9.17) is 19.4 Å². The van der Waals surface area contributed by atoms with E-state index in [-0.39, 0.29) is 5.82 Å². The van der Waals surface area contributed by atoms with Crippen molar-refractivity contribution in [3.63, 3.8) is 0 Å². The van der Waals surface area contributed by atoms with Crippen LogP contribution in [0.15, 0.2) is 50.0 Å². The van der Waals surface area contributed by atoms with Crippen molar-refractivity contribution in [1.29, 1.82) is 0 Å². The largest absolute Gasteiger partial charge is 0.496 e. The second-order valence-electron chi connectivity index (χ2n) is 4.08. The summed E-state index contributed by atoms with van der Waals surface area (Å²) < 4.78 is 16.8. The molecule has 0 aliphatic rings. The van der Waals surface area contributed by atoms with Gasteiger partial charge in [-0.2, -0.15) is 0 Å². The van der Waals surface area contributed by atoms with Crippen LogP contribution in [0.5, 0.6) is 5.75 Å². The van der Waals surface area contributed by atoms with E-state index in [2.05, 4.69) is 21.1 Å². The first kappa shape index (κ1) is 12.8. The van der Waals surface area contributed by atoms with Gasteiger partial charge in [-0.1, -0.05) is 23.4 Å². The first-order chi connectivity index (χ1) is 9.70. The molecule has 6 heteroatoms. The Labute approximate surface area is 123 Å². The van der Waals surface area contributed by atoms with Crippen molar-refractivity contribution in [2.45, 2.75) is 0 Å². The predicted molar refractivity (Wildman–Crippen MR) is 78.3 cm³/mol. The number of benzene rings is 1. The molecule has 0 amide bonds. The van der Waals surface area contributed by atoms with Gasteiger partial charge in [0.2, 0.25) is 5.76 Å². The lowest BCUT2D eigenvalue weighted by molar-refractivity contribution is 0.414. The first-order valence-corrected chi connectivity index (χ1v) is 6.64. The van der Waals surface area contributed by atoms with E-state index >= 15 is 0 Å². The number of hydrogen-bond donors (Lipinski definition) is 1. The zero-order valence-electron chi connectivity index (χ0n) is 10.6. The maximum atomic E-state index is 5.93. The minimum Gasteiger partial charge on any atom is -0.496 e. The van der Waals surface area contributed by atoms with E-state index in [9.17, 15) is 0 Å². The van der Waals surface area contributed by atoms with Crippen molar-refractivity contribution >= 4 is 21.7 Å². The van der Waals surface area contributed by atoms with Crippen LogP contribution < -0.4 is 10.5 Å². The Bertz CT molecular complexity index is 748. The summed E-state index contributed by atoms with van der Waals surface area (Å²) in [7, 11) is 1.60. The molecule has 102 valence electrons. The number of furan rings is 1. The van der Waals surface area contributed by atoms with Crippen LogP contribution in [0.3, 0.4) is 0 Å². The van der Waals surface area contributed by atoms with Gasteiger partial charge in [0.1, 0.15) is 5.75 Å². The van der Waals surface area contributed by atoms with Crippen LogP contribution in [0.2, 0.25) is 0 Å². The van der Waals surface area contributed by atoms with Crippen molar-refractivity contribution in [2.24, 2.45) is 0 Å². The average Bonchev–Trinajstić information content (AvgIpc) is 3.04. The van der Waals surface area contributed by atoms with Gasteiger partial charge < -0.3 is 19.4 Å². The van der Waals surface area contributed by atoms with Crippen LogP contribution in [0, 0.1) is 0 Å². The third kappa shape index (κ3) is 2.08. The molecule has 0 aliphatic heterocycles. The maximum absolute atomic E-state index is 5.93. The molecule has 0 saturated heterocycles. The fraction of sp³-hybridized carbons (Fsp3) is 0.0714. The highest BCUT2D eigenvalue weighted by Gasteiger charge is 2.22. The van der Waals surface area contributed by atoms with Crippen molar-refractivity contribution in [2.75, 3.05) is 12.8 Å². The standard InChI is InChI=1S/C14H11BrN2O3/c1-18-9-5-3-2-4-8(9)12-13(20-17-14(12)16)10-6-7-11(15)19-10/h2-7H,1H3,(H2,16,17). The average molecular weight is 335 g/mol. The van der Waals surface area contributed by atoms with E-state index in [1.165, 1.54) is 0 Å². The zero-order chi connectivity index (χ0) is 14.1. The van der Waals surface area contributed by atoms with Crippen LogP contribution in [0.4, 0.5) is 5.82 Å². The topological polar surface area (TPSA) is 74.4 Å². The Hall–Kier alpha value is -2.21. The van der Waals surface area contributed by atoms with Gasteiger partial charge in [-0.25, -0.2) is 0 Å². The monoisotopic (exact) mass is 334 g/mol. The lowest BCUT2D eigenvalue weighted by Gasteiger charge is -2.07. The second kappa shape index (κ2) is 5.05. The highest BCUT2D eigenvalue weighted by atomic mass is 79.9. The molecular weight excluding hydrogens is 324 g/mol. The molecule has 0 atom stereocenters. The number of methoxy groups -OCH3 is 1. The summed E-state index contributed by atoms with van der Waals surface area (Å²) in [5.74, 6) is 1.99. The molecule has 0 radical (unpaired) electrons. The number of aromatic nitrogens is 1. The lowest BCUT2D eigenvalue weighted by atomic mass is 10.0. The Morgan fingerprint density at radius 2 is 2.00 bits per heavy atom. The van der Waals surface area contributed by atoms with Gasteiger partial charge in [-0.3, -0.25) is 0 Å². The second-order valence-corrected chi connectivity index (χ2v) is 4.86. The van der Waals surface area contributed by atoms with Crippen molar-refractivity contribution in [3.05, 3.63) is 41.1 Å². The zero-order valence-corrected chi connectivity index (χ0v) is 12.2. The van der Waals surface area contributed by atoms with Crippen molar-refractivity contribution < 1.29 is 13.7 Å². The smallest absolute Gasteiger partial charge is 0.212 e. The van der Waals surface area contributed by atoms with E-state index in [0.29, 0.717) is 27.5 Å². The molecule has 20 heavy (non-hydrogen) atoms. The summed E-state index contributed by atoms with van der Waals surface area (Å²) in [5, 5.41) is 3.83. The molecule has 0 bridgehead atoms. The van der Waals surface area contributed by atoms with Gasteiger partial charge >= 0.3 is 0 Å². The number of para-hydroxylation sites is 1. The summed E-state index contributed by atoms with van der Waals surface area (Å²) in [6, 6.07) is 11.1. The Morgan fingerprint density at radius 3 is 2.70 bits per heavy atom. The highest BCUT2D eigenvalue weighted by molar-refractivity contribution is 9.10. The van der Waals surface area contributed by atoms with Gasteiger partial charge in [0.05, 0.1) is 12.7 Å². The van der Waals surface area contributed by atoms with Gasteiger partial charge in [0, 0.05) is 5.56 Å². The predicted octanol–water partition coefficient (Wildman–Crippen LogP) is 3.95. The molecule has 3 rings (SSSR count). The summed E-state index contributed by atoms with van der Waals surface area (Å²) in [4.78, 5) is 0.